The first-order chi connectivity index (χ1) is 8.31. The van der Waals surface area contributed by atoms with E-state index >= 15 is 0 Å². The van der Waals surface area contributed by atoms with Crippen LogP contribution in [0.15, 0.2) is 54.6 Å². The van der Waals surface area contributed by atoms with Gasteiger partial charge in [0, 0.05) is 0 Å². The second-order valence-corrected chi connectivity index (χ2v) is 3.67. The highest BCUT2D eigenvalue weighted by Gasteiger charge is 1.86. The van der Waals surface area contributed by atoms with E-state index in [9.17, 15) is 5.11 Å². The van der Waals surface area contributed by atoms with E-state index in [0.29, 0.717) is 5.22 Å². The van der Waals surface area contributed by atoms with E-state index in [1.165, 1.54) is 7.05 Å². The molecule has 0 spiro atoms. The Bertz CT molecular complexity index is 602. The number of rotatable bonds is 2. The van der Waals surface area contributed by atoms with E-state index in [1.807, 2.05) is 54.6 Å². The van der Waals surface area contributed by atoms with Gasteiger partial charge in [-0.15, -0.1) is 7.05 Å². The fraction of sp³-hybridized carbons (Fsp3) is 0.0667. The predicted octanol–water partition coefficient (Wildman–Crippen LogP) is 0.945. The van der Waals surface area contributed by atoms with Crippen LogP contribution >= 0.6 is 0 Å². The van der Waals surface area contributed by atoms with Crippen molar-refractivity contribution in [1.29, 1.82) is 0 Å². The molecule has 2 aromatic rings. The fourth-order valence-electron chi connectivity index (χ4n) is 1.67. The van der Waals surface area contributed by atoms with E-state index in [4.69, 9.17) is 0 Å². The van der Waals surface area contributed by atoms with Gasteiger partial charge < -0.3 is 10.4 Å². The third kappa shape index (κ3) is 2.67. The molecule has 17 heavy (non-hydrogen) atoms. The minimum atomic E-state index is -0.187. The van der Waals surface area contributed by atoms with Gasteiger partial charge in [0.1, 0.15) is 0 Å². The minimum absolute atomic E-state index is 0.187. The SMILES string of the molecule is C[N-]/C([O-])=c1/cccc/c1=C\c1ccccc1. The van der Waals surface area contributed by atoms with Gasteiger partial charge in [0.2, 0.25) is 0 Å². The monoisotopic (exact) mass is 223 g/mol. The van der Waals surface area contributed by atoms with Crippen LogP contribution in [0.4, 0.5) is 0 Å². The second-order valence-electron chi connectivity index (χ2n) is 3.67. The topological polar surface area (TPSA) is 37.2 Å². The van der Waals surface area contributed by atoms with Crippen molar-refractivity contribution in [2.75, 3.05) is 7.05 Å². The Kier molecular flexibility index (Phi) is 3.46. The summed E-state index contributed by atoms with van der Waals surface area (Å²) in [6.45, 7) is 0. The van der Waals surface area contributed by atoms with Crippen molar-refractivity contribution in [3.05, 3.63) is 75.9 Å². The molecule has 0 saturated heterocycles. The summed E-state index contributed by atoms with van der Waals surface area (Å²) in [5.74, 6) is -0.187. The molecule has 2 rings (SSSR count). The van der Waals surface area contributed by atoms with E-state index in [0.717, 1.165) is 10.8 Å². The van der Waals surface area contributed by atoms with Crippen molar-refractivity contribution in [2.45, 2.75) is 0 Å². The Labute approximate surface area is 101 Å². The van der Waals surface area contributed by atoms with Gasteiger partial charge in [-0.05, 0) is 22.1 Å². The number of benzene rings is 2. The molecule has 0 unspecified atom stereocenters. The molecule has 0 aliphatic carbocycles. The highest BCUT2D eigenvalue weighted by molar-refractivity contribution is 5.52. The maximum absolute atomic E-state index is 11.6. The van der Waals surface area contributed by atoms with Crippen LogP contribution in [0.3, 0.4) is 0 Å². The van der Waals surface area contributed by atoms with E-state index < -0.39 is 0 Å². The summed E-state index contributed by atoms with van der Waals surface area (Å²) in [5, 5.41) is 16.9. The number of nitrogens with zero attached hydrogens (tertiary/aromatic N) is 1. The summed E-state index contributed by atoms with van der Waals surface area (Å²) < 4.78 is 0. The van der Waals surface area contributed by atoms with Crippen LogP contribution in [0.5, 0.6) is 0 Å². The Morgan fingerprint density at radius 3 is 2.35 bits per heavy atom. The van der Waals surface area contributed by atoms with Crippen LogP contribution in [0.25, 0.3) is 17.3 Å². The van der Waals surface area contributed by atoms with Crippen LogP contribution in [-0.2, 0) is 0 Å². The van der Waals surface area contributed by atoms with Gasteiger partial charge in [0.25, 0.3) is 0 Å². The zero-order chi connectivity index (χ0) is 12.1. The molecule has 0 amide bonds. The number of hydrogen-bond donors (Lipinski definition) is 0. The molecule has 0 radical (unpaired) electrons. The zero-order valence-electron chi connectivity index (χ0n) is 9.63. The fourth-order valence-corrected chi connectivity index (χ4v) is 1.67. The average molecular weight is 223 g/mol. The summed E-state index contributed by atoms with van der Waals surface area (Å²) in [4.78, 5) is 0. The summed E-state index contributed by atoms with van der Waals surface area (Å²) in [5.41, 5.74) is 1.07. The van der Waals surface area contributed by atoms with Crippen molar-refractivity contribution in [1.82, 2.24) is 0 Å². The van der Waals surface area contributed by atoms with Crippen LogP contribution in [0.1, 0.15) is 5.56 Å². The zero-order valence-corrected chi connectivity index (χ0v) is 9.63. The molecular formula is C15H13NO-2. The summed E-state index contributed by atoms with van der Waals surface area (Å²) in [7, 11) is 1.52. The lowest BCUT2D eigenvalue weighted by molar-refractivity contribution is -0.245. The molecule has 0 heterocycles. The van der Waals surface area contributed by atoms with Gasteiger partial charge in [-0.1, -0.05) is 54.6 Å². The summed E-state index contributed by atoms with van der Waals surface area (Å²) in [6.07, 6.45) is 1.98. The van der Waals surface area contributed by atoms with Crippen molar-refractivity contribution >= 4 is 12.0 Å². The minimum Gasteiger partial charge on any atom is -0.889 e. The molecule has 2 heteroatoms. The average Bonchev–Trinajstić information content (AvgIpc) is 2.40. The lowest BCUT2D eigenvalue weighted by Gasteiger charge is -2.25. The van der Waals surface area contributed by atoms with E-state index in [1.54, 1.807) is 6.07 Å². The summed E-state index contributed by atoms with van der Waals surface area (Å²) >= 11 is 0. The van der Waals surface area contributed by atoms with Gasteiger partial charge in [0.05, 0.1) is 0 Å². The van der Waals surface area contributed by atoms with E-state index in [-0.39, 0.29) is 5.88 Å². The molecule has 2 aromatic carbocycles. The Hall–Kier alpha value is -2.22. The molecule has 2 nitrogen and oxygen atoms in total. The van der Waals surface area contributed by atoms with Gasteiger partial charge in [-0.2, -0.15) is 0 Å². The highest BCUT2D eigenvalue weighted by atomic mass is 16.3. The Morgan fingerprint density at radius 1 is 1.00 bits per heavy atom. The molecule has 0 fully saturated rings. The second kappa shape index (κ2) is 5.21. The van der Waals surface area contributed by atoms with Crippen molar-refractivity contribution in [3.63, 3.8) is 0 Å². The van der Waals surface area contributed by atoms with Gasteiger partial charge >= 0.3 is 0 Å². The van der Waals surface area contributed by atoms with Crippen molar-refractivity contribution in [2.24, 2.45) is 0 Å². The largest absolute Gasteiger partial charge is 0.889 e. The summed E-state index contributed by atoms with van der Waals surface area (Å²) in [6, 6.07) is 17.4. The molecule has 86 valence electrons. The van der Waals surface area contributed by atoms with Gasteiger partial charge in [-0.3, -0.25) is 0 Å². The maximum Gasteiger partial charge on any atom is -0.0202 e. The predicted molar refractivity (Wildman–Crippen MR) is 68.4 cm³/mol. The first kappa shape index (κ1) is 11.3. The van der Waals surface area contributed by atoms with Crippen LogP contribution in [0, 0.1) is 0 Å². The standard InChI is InChI=1S/C15H14NO/c1-16-15(17)14-10-6-5-9-13(14)11-12-7-3-2-4-8-12/h2-11,17H,1H3/q-1/p-1/b13-11+,15-14+. The molecule has 0 aliphatic heterocycles. The highest BCUT2D eigenvalue weighted by Crippen LogP contribution is 1.98. The normalized spacial score (nSPS) is 13.4. The lowest BCUT2D eigenvalue weighted by atomic mass is 10.1. The Balaban J connectivity index is 2.66. The number of hydrogen-bond acceptors (Lipinski definition) is 1. The van der Waals surface area contributed by atoms with Crippen molar-refractivity contribution in [3.8, 4) is 0 Å². The first-order valence-corrected chi connectivity index (χ1v) is 5.44. The third-order valence-corrected chi connectivity index (χ3v) is 2.52. The van der Waals surface area contributed by atoms with Gasteiger partial charge in [-0.25, -0.2) is 5.88 Å². The molecule has 0 saturated carbocycles. The van der Waals surface area contributed by atoms with Crippen LogP contribution in [-0.4, -0.2) is 7.05 Å². The Morgan fingerprint density at radius 2 is 1.65 bits per heavy atom. The first-order valence-electron chi connectivity index (χ1n) is 5.44. The van der Waals surface area contributed by atoms with Crippen LogP contribution in [0.2, 0.25) is 0 Å². The molecule has 0 atom stereocenters. The molecule has 0 aromatic heterocycles. The molecule has 0 bridgehead atoms. The smallest absolute Gasteiger partial charge is 0.0202 e. The maximum atomic E-state index is 11.6. The van der Waals surface area contributed by atoms with E-state index in [2.05, 4.69) is 5.32 Å². The van der Waals surface area contributed by atoms with Crippen molar-refractivity contribution < 1.29 is 5.11 Å². The molecular weight excluding hydrogens is 210 g/mol. The van der Waals surface area contributed by atoms with Crippen LogP contribution < -0.4 is 15.5 Å². The third-order valence-electron chi connectivity index (χ3n) is 2.52. The molecule has 0 N–H and O–H groups in total. The molecule has 0 aliphatic rings. The quantitative estimate of drug-likeness (QED) is 0.746. The van der Waals surface area contributed by atoms with Gasteiger partial charge in [0.15, 0.2) is 0 Å². The lowest BCUT2D eigenvalue weighted by Crippen LogP contribution is -2.30.